The Morgan fingerprint density at radius 2 is 1.55 bits per heavy atom. The number of fused-ring (bicyclic) bond motifs is 3. The predicted molar refractivity (Wildman–Crippen MR) is 79.8 cm³/mol. The van der Waals surface area contributed by atoms with Gasteiger partial charge in [0.05, 0.1) is 11.3 Å². The van der Waals surface area contributed by atoms with Crippen LogP contribution in [0.1, 0.15) is 21.5 Å². The van der Waals surface area contributed by atoms with Gasteiger partial charge >= 0.3 is 0 Å². The normalized spacial score (nSPS) is 12.3. The number of carbonyl (C=O) groups excluding carboxylic acids is 1. The van der Waals surface area contributed by atoms with Gasteiger partial charge in [-0.2, -0.15) is 0 Å². The highest BCUT2D eigenvalue weighted by Gasteiger charge is 2.30. The van der Waals surface area contributed by atoms with Crippen LogP contribution in [0.3, 0.4) is 0 Å². The molecule has 0 atom stereocenters. The largest absolute Gasteiger partial charge is 0.360 e. The molecule has 2 nitrogen and oxygen atoms in total. The number of rotatable bonds is 1. The molecular weight excluding hydrogens is 246 g/mol. The number of hydrogen-bond acceptors (Lipinski definition) is 1. The van der Waals surface area contributed by atoms with E-state index in [1.165, 1.54) is 5.56 Å². The second-order valence-electron chi connectivity index (χ2n) is 5.19. The molecule has 0 fully saturated rings. The highest BCUT2D eigenvalue weighted by Crippen LogP contribution is 2.40. The summed E-state index contributed by atoms with van der Waals surface area (Å²) < 4.78 is 0. The van der Waals surface area contributed by atoms with Crippen LogP contribution < -0.4 is 0 Å². The van der Waals surface area contributed by atoms with Crippen molar-refractivity contribution < 1.29 is 4.79 Å². The third-order valence-electron chi connectivity index (χ3n) is 3.91. The van der Waals surface area contributed by atoms with Crippen molar-refractivity contribution in [1.29, 1.82) is 0 Å². The Labute approximate surface area is 117 Å². The topological polar surface area (TPSA) is 32.9 Å². The lowest BCUT2D eigenvalue weighted by Gasteiger charge is -2.01. The summed E-state index contributed by atoms with van der Waals surface area (Å²) in [5, 5.41) is 0. The molecule has 0 saturated carbocycles. The van der Waals surface area contributed by atoms with Crippen molar-refractivity contribution in [3.05, 3.63) is 71.4 Å². The summed E-state index contributed by atoms with van der Waals surface area (Å²) in [6.45, 7) is 2.06. The Bertz CT molecular complexity index is 825. The first-order valence-electron chi connectivity index (χ1n) is 6.68. The van der Waals surface area contributed by atoms with Crippen LogP contribution in [-0.4, -0.2) is 10.8 Å². The van der Waals surface area contributed by atoms with Crippen LogP contribution in [0.5, 0.6) is 0 Å². The zero-order chi connectivity index (χ0) is 13.7. The number of benzene rings is 2. The highest BCUT2D eigenvalue weighted by molar-refractivity contribution is 6.24. The van der Waals surface area contributed by atoms with Gasteiger partial charge < -0.3 is 4.98 Å². The van der Waals surface area contributed by atoms with Crippen molar-refractivity contribution in [2.45, 2.75) is 6.92 Å². The van der Waals surface area contributed by atoms with E-state index in [0.717, 1.165) is 33.5 Å². The van der Waals surface area contributed by atoms with Gasteiger partial charge in [0.1, 0.15) is 0 Å². The lowest BCUT2D eigenvalue weighted by Crippen LogP contribution is -1.96. The van der Waals surface area contributed by atoms with E-state index in [1.54, 1.807) is 0 Å². The Hall–Kier alpha value is -2.61. The second kappa shape index (κ2) is 3.94. The van der Waals surface area contributed by atoms with Gasteiger partial charge in [-0.15, -0.1) is 0 Å². The molecule has 1 heterocycles. The predicted octanol–water partition coefficient (Wildman–Crippen LogP) is 4.20. The molecular formula is C18H13NO. The third kappa shape index (κ3) is 1.42. The van der Waals surface area contributed by atoms with Gasteiger partial charge in [-0.3, -0.25) is 4.79 Å². The zero-order valence-electron chi connectivity index (χ0n) is 11.1. The number of aryl methyl sites for hydroxylation is 1. The first kappa shape index (κ1) is 11.2. The van der Waals surface area contributed by atoms with E-state index in [1.807, 2.05) is 30.5 Å². The van der Waals surface area contributed by atoms with Crippen molar-refractivity contribution in [1.82, 2.24) is 4.98 Å². The molecule has 0 unspecified atom stereocenters. The molecule has 3 aromatic rings. The maximum absolute atomic E-state index is 12.6. The molecule has 0 radical (unpaired) electrons. The van der Waals surface area contributed by atoms with Crippen LogP contribution >= 0.6 is 0 Å². The maximum atomic E-state index is 12.6. The van der Waals surface area contributed by atoms with Gasteiger partial charge in [0.2, 0.25) is 0 Å². The van der Waals surface area contributed by atoms with E-state index in [4.69, 9.17) is 0 Å². The molecule has 0 amide bonds. The van der Waals surface area contributed by atoms with Gasteiger partial charge in [0.15, 0.2) is 5.78 Å². The summed E-state index contributed by atoms with van der Waals surface area (Å²) in [7, 11) is 0. The van der Waals surface area contributed by atoms with Crippen LogP contribution in [0.25, 0.3) is 22.4 Å². The molecule has 0 spiro atoms. The average molecular weight is 259 g/mol. The van der Waals surface area contributed by atoms with Gasteiger partial charge in [-0.25, -0.2) is 0 Å². The number of ketones is 1. The minimum atomic E-state index is 0.118. The second-order valence-corrected chi connectivity index (χ2v) is 5.19. The number of carbonyl (C=O) groups is 1. The fourth-order valence-electron chi connectivity index (χ4n) is 2.87. The van der Waals surface area contributed by atoms with Crippen molar-refractivity contribution in [2.24, 2.45) is 0 Å². The number of aromatic nitrogens is 1. The standard InChI is InChI=1S/C18H13NO/c1-11-6-8-12(9-7-11)15-10-19-17-13-4-2-3-5-14(13)18(20)16(15)17/h2-10,19H,1H3. The van der Waals surface area contributed by atoms with E-state index in [2.05, 4.69) is 36.2 Å². The number of H-pyrrole nitrogens is 1. The van der Waals surface area contributed by atoms with Crippen molar-refractivity contribution in [3.63, 3.8) is 0 Å². The Balaban J connectivity index is 1.94. The average Bonchev–Trinajstić information content (AvgIpc) is 3.02. The molecule has 1 aliphatic carbocycles. The molecule has 96 valence electrons. The molecule has 4 rings (SSSR count). The zero-order valence-corrected chi connectivity index (χ0v) is 11.1. The third-order valence-corrected chi connectivity index (χ3v) is 3.91. The molecule has 1 aromatic heterocycles. The van der Waals surface area contributed by atoms with Crippen LogP contribution in [0, 0.1) is 6.92 Å². The molecule has 0 bridgehead atoms. The lowest BCUT2D eigenvalue weighted by molar-refractivity contribution is 0.104. The number of hydrogen-bond donors (Lipinski definition) is 1. The molecule has 1 N–H and O–H groups in total. The summed E-state index contributed by atoms with van der Waals surface area (Å²) in [5.74, 6) is 0.118. The van der Waals surface area contributed by atoms with Crippen LogP contribution in [0.4, 0.5) is 0 Å². The number of nitrogens with one attached hydrogen (secondary N) is 1. The van der Waals surface area contributed by atoms with E-state index >= 15 is 0 Å². The fraction of sp³-hybridized carbons (Fsp3) is 0.0556. The maximum Gasteiger partial charge on any atom is 0.196 e. The van der Waals surface area contributed by atoms with E-state index < -0.39 is 0 Å². The highest BCUT2D eigenvalue weighted by atomic mass is 16.1. The quantitative estimate of drug-likeness (QED) is 0.546. The summed E-state index contributed by atoms with van der Waals surface area (Å²) in [5.41, 5.74) is 6.83. The van der Waals surface area contributed by atoms with Crippen molar-refractivity contribution in [2.75, 3.05) is 0 Å². The van der Waals surface area contributed by atoms with Gasteiger partial charge in [-0.05, 0) is 12.5 Å². The molecule has 0 aliphatic heterocycles. The monoisotopic (exact) mass is 259 g/mol. The SMILES string of the molecule is Cc1ccc(-c2c[nH]c3c2C(=O)c2ccccc2-3)cc1. The fourth-order valence-corrected chi connectivity index (χ4v) is 2.87. The Morgan fingerprint density at radius 3 is 2.30 bits per heavy atom. The smallest absolute Gasteiger partial charge is 0.196 e. The summed E-state index contributed by atoms with van der Waals surface area (Å²) in [4.78, 5) is 15.9. The van der Waals surface area contributed by atoms with Gasteiger partial charge in [0, 0.05) is 22.9 Å². The van der Waals surface area contributed by atoms with Gasteiger partial charge in [0.25, 0.3) is 0 Å². The van der Waals surface area contributed by atoms with Crippen molar-refractivity contribution >= 4 is 5.78 Å². The van der Waals surface area contributed by atoms with Crippen LogP contribution in [0.15, 0.2) is 54.7 Å². The first-order chi connectivity index (χ1) is 9.75. The minimum absolute atomic E-state index is 0.118. The Kier molecular flexibility index (Phi) is 2.21. The molecule has 0 saturated heterocycles. The molecule has 20 heavy (non-hydrogen) atoms. The summed E-state index contributed by atoms with van der Waals surface area (Å²) in [6.07, 6.45) is 1.93. The molecule has 2 aromatic carbocycles. The van der Waals surface area contributed by atoms with E-state index in [-0.39, 0.29) is 5.78 Å². The number of aromatic amines is 1. The summed E-state index contributed by atoms with van der Waals surface area (Å²) >= 11 is 0. The van der Waals surface area contributed by atoms with E-state index in [9.17, 15) is 4.79 Å². The Morgan fingerprint density at radius 1 is 0.850 bits per heavy atom. The van der Waals surface area contributed by atoms with E-state index in [0.29, 0.717) is 0 Å². The van der Waals surface area contributed by atoms with Crippen LogP contribution in [0.2, 0.25) is 0 Å². The molecule has 2 heteroatoms. The van der Waals surface area contributed by atoms with Crippen LogP contribution in [-0.2, 0) is 0 Å². The first-order valence-corrected chi connectivity index (χ1v) is 6.68. The molecule has 1 aliphatic rings. The van der Waals surface area contributed by atoms with Gasteiger partial charge in [-0.1, -0.05) is 54.1 Å². The minimum Gasteiger partial charge on any atom is -0.360 e. The lowest BCUT2D eigenvalue weighted by atomic mass is 10.0. The summed E-state index contributed by atoms with van der Waals surface area (Å²) in [6, 6.07) is 16.0. The van der Waals surface area contributed by atoms with Crippen molar-refractivity contribution in [3.8, 4) is 22.4 Å².